The van der Waals surface area contributed by atoms with Gasteiger partial charge in [0.2, 0.25) is 5.91 Å². The summed E-state index contributed by atoms with van der Waals surface area (Å²) in [5.41, 5.74) is 3.22. The molecular weight excluding hydrogens is 594 g/mol. The number of hydrogen-bond acceptors (Lipinski definition) is 10. The molecule has 222 valence electrons. The fourth-order valence-corrected chi connectivity index (χ4v) is 5.53. The number of rotatable bonds is 12. The predicted molar refractivity (Wildman–Crippen MR) is 164 cm³/mol. The number of carbonyl (C=O) groups excluding carboxylic acids is 3. The van der Waals surface area contributed by atoms with Crippen molar-refractivity contribution < 1.29 is 33.5 Å². The first-order valence-corrected chi connectivity index (χ1v) is 15.6. The van der Waals surface area contributed by atoms with E-state index in [2.05, 4.69) is 17.2 Å². The van der Waals surface area contributed by atoms with Crippen molar-refractivity contribution in [3.05, 3.63) is 99.6 Å². The van der Waals surface area contributed by atoms with Crippen LogP contribution in [0.25, 0.3) is 0 Å². The molecule has 4 rings (SSSR count). The van der Waals surface area contributed by atoms with Gasteiger partial charge in [0.15, 0.2) is 0 Å². The van der Waals surface area contributed by atoms with Crippen molar-refractivity contribution >= 4 is 51.1 Å². The molecule has 1 aliphatic rings. The van der Waals surface area contributed by atoms with Crippen LogP contribution in [0.3, 0.4) is 0 Å². The first kappa shape index (κ1) is 31.3. The number of nitro groups is 1. The number of fused-ring (bicyclic) bond motifs is 2. The van der Waals surface area contributed by atoms with Crippen LogP contribution in [-0.2, 0) is 20.8 Å². The highest BCUT2D eigenvalue weighted by molar-refractivity contribution is 8.76. The van der Waals surface area contributed by atoms with Crippen molar-refractivity contribution in [1.82, 2.24) is 5.32 Å². The maximum atomic E-state index is 13.2. The van der Waals surface area contributed by atoms with Gasteiger partial charge in [-0.2, -0.15) is 0 Å². The molecule has 3 aromatic carbocycles. The third-order valence-corrected chi connectivity index (χ3v) is 8.23. The van der Waals surface area contributed by atoms with E-state index in [-0.39, 0.29) is 43.5 Å². The third-order valence-electron chi connectivity index (χ3n) is 5.90. The summed E-state index contributed by atoms with van der Waals surface area (Å²) in [5.74, 6) is 7.33. The molecule has 0 aliphatic carbocycles. The molecular formula is C30H27N3O8S2. The highest BCUT2D eigenvalue weighted by Crippen LogP contribution is 2.26. The molecule has 2 amide bonds. The van der Waals surface area contributed by atoms with Crippen LogP contribution in [0, 0.1) is 22.0 Å². The normalized spacial score (nSPS) is 11.4. The van der Waals surface area contributed by atoms with Crippen LogP contribution in [0.4, 0.5) is 21.0 Å². The molecule has 0 radical (unpaired) electrons. The molecule has 13 heteroatoms. The second-order valence-corrected chi connectivity index (χ2v) is 11.5. The van der Waals surface area contributed by atoms with E-state index in [1.165, 1.54) is 45.9 Å². The Morgan fingerprint density at radius 1 is 0.884 bits per heavy atom. The molecule has 0 spiro atoms. The summed E-state index contributed by atoms with van der Waals surface area (Å²) in [4.78, 5) is 48.8. The molecule has 1 aliphatic heterocycles. The Balaban J connectivity index is 1.08. The molecule has 0 aromatic heterocycles. The molecule has 1 heterocycles. The first-order valence-electron chi connectivity index (χ1n) is 13.1. The zero-order chi connectivity index (χ0) is 30.4. The number of nitrogens with one attached hydrogen (secondary N) is 1. The Kier molecular flexibility index (Phi) is 11.7. The number of carbonyl (C=O) groups is 3. The summed E-state index contributed by atoms with van der Waals surface area (Å²) in [7, 11) is 2.86. The highest BCUT2D eigenvalue weighted by Gasteiger charge is 2.21. The van der Waals surface area contributed by atoms with Crippen molar-refractivity contribution in [3.8, 4) is 17.6 Å². The fraction of sp³-hybridized carbons (Fsp3) is 0.233. The number of hydrogen-bond donors (Lipinski definition) is 1. The quantitative estimate of drug-likeness (QED) is 0.0521. The van der Waals surface area contributed by atoms with Crippen molar-refractivity contribution in [2.75, 3.05) is 36.2 Å². The Morgan fingerprint density at radius 3 is 2.28 bits per heavy atom. The van der Waals surface area contributed by atoms with Gasteiger partial charge in [0.05, 0.1) is 17.2 Å². The van der Waals surface area contributed by atoms with Crippen LogP contribution >= 0.6 is 21.6 Å². The van der Waals surface area contributed by atoms with E-state index in [1.54, 1.807) is 4.90 Å². The molecule has 3 aromatic rings. The van der Waals surface area contributed by atoms with Gasteiger partial charge in [0.25, 0.3) is 5.69 Å². The van der Waals surface area contributed by atoms with Crippen molar-refractivity contribution in [1.29, 1.82) is 0 Å². The Labute approximate surface area is 255 Å². The average Bonchev–Trinajstić information content (AvgIpc) is 3.00. The van der Waals surface area contributed by atoms with Gasteiger partial charge in [-0.05, 0) is 35.9 Å². The maximum absolute atomic E-state index is 13.2. The maximum Gasteiger partial charge on any atom is 0.513 e. The predicted octanol–water partition coefficient (Wildman–Crippen LogP) is 5.55. The Bertz CT molecular complexity index is 1520. The monoisotopic (exact) mass is 621 g/mol. The van der Waals surface area contributed by atoms with Gasteiger partial charge < -0.3 is 24.4 Å². The van der Waals surface area contributed by atoms with Gasteiger partial charge in [-0.15, -0.1) is 0 Å². The second kappa shape index (κ2) is 16.1. The van der Waals surface area contributed by atoms with Gasteiger partial charge in [-0.3, -0.25) is 14.9 Å². The number of anilines is 1. The molecule has 0 fully saturated rings. The van der Waals surface area contributed by atoms with Gasteiger partial charge in [0, 0.05) is 47.7 Å². The Hall–Kier alpha value is -4.67. The summed E-state index contributed by atoms with van der Waals surface area (Å²) in [5, 5.41) is 13.3. The molecule has 0 unspecified atom stereocenters. The molecule has 11 nitrogen and oxygen atoms in total. The van der Waals surface area contributed by atoms with E-state index in [0.717, 1.165) is 22.4 Å². The van der Waals surface area contributed by atoms with E-state index in [9.17, 15) is 24.5 Å². The lowest BCUT2D eigenvalue weighted by Crippen LogP contribution is -2.35. The number of ether oxygens (including phenoxy) is 3. The van der Waals surface area contributed by atoms with Gasteiger partial charge in [0.1, 0.15) is 19.0 Å². The average molecular weight is 622 g/mol. The van der Waals surface area contributed by atoms with Crippen LogP contribution in [-0.4, -0.2) is 54.3 Å². The van der Waals surface area contributed by atoms with Gasteiger partial charge >= 0.3 is 12.2 Å². The lowest BCUT2D eigenvalue weighted by molar-refractivity contribution is -0.384. The summed E-state index contributed by atoms with van der Waals surface area (Å²) in [6.07, 6.45) is -1.43. The van der Waals surface area contributed by atoms with Crippen molar-refractivity contribution in [2.45, 2.75) is 13.0 Å². The number of nitro benzene ring substituents is 1. The molecule has 0 bridgehead atoms. The topological polar surface area (TPSA) is 137 Å². The summed E-state index contributed by atoms with van der Waals surface area (Å²) in [6.45, 7) is 0.763. The number of benzene rings is 3. The Morgan fingerprint density at radius 2 is 1.53 bits per heavy atom. The third kappa shape index (κ3) is 9.69. The summed E-state index contributed by atoms with van der Waals surface area (Å²) < 4.78 is 15.1. The number of alkyl carbamates (subject to hydrolysis) is 1. The number of non-ortho nitro benzene ring substituents is 1. The van der Waals surface area contributed by atoms with Gasteiger partial charge in [-0.1, -0.05) is 63.8 Å². The summed E-state index contributed by atoms with van der Waals surface area (Å²) in [6, 6.07) is 20.3. The van der Waals surface area contributed by atoms with Crippen LogP contribution in [0.2, 0.25) is 0 Å². The minimum Gasteiger partial charge on any atom is -0.449 e. The minimum absolute atomic E-state index is 0.0935. The van der Waals surface area contributed by atoms with Crippen LogP contribution < -0.4 is 15.0 Å². The standard InChI is InChI=1S/C30H27N3O8S2/c34-28(32-21-24-7-2-1-5-22(24)9-10-23-6-3-4-8-27(23)32)15-16-31-29(35)39-17-19-42-43-20-18-40-30(36)41-26-13-11-25(12-14-26)33(37)38/h1-8,11-14H,15-21H2,(H,31,35). The summed E-state index contributed by atoms with van der Waals surface area (Å²) >= 11 is 0. The first-order chi connectivity index (χ1) is 20.9. The molecule has 43 heavy (non-hydrogen) atoms. The zero-order valence-electron chi connectivity index (χ0n) is 22.9. The number of para-hydroxylation sites is 1. The van der Waals surface area contributed by atoms with Crippen LogP contribution in [0.1, 0.15) is 23.1 Å². The van der Waals surface area contributed by atoms with E-state index in [1.807, 2.05) is 48.5 Å². The fourth-order valence-electron chi connectivity index (χ4n) is 3.87. The minimum atomic E-state index is -0.910. The van der Waals surface area contributed by atoms with Crippen molar-refractivity contribution in [3.63, 3.8) is 0 Å². The molecule has 1 N–H and O–H groups in total. The SMILES string of the molecule is O=C(NCCC(=O)N1Cc2ccccc2C#Cc2ccccc21)OCCSSCCOC(=O)Oc1ccc([N+](=O)[O-])cc1. The largest absolute Gasteiger partial charge is 0.513 e. The van der Waals surface area contributed by atoms with Gasteiger partial charge in [-0.25, -0.2) is 9.59 Å². The molecule has 0 atom stereocenters. The van der Waals surface area contributed by atoms with E-state index in [0.29, 0.717) is 18.1 Å². The molecule has 0 saturated carbocycles. The van der Waals surface area contributed by atoms with E-state index >= 15 is 0 Å². The van der Waals surface area contributed by atoms with Crippen molar-refractivity contribution in [2.24, 2.45) is 0 Å². The lowest BCUT2D eigenvalue weighted by Gasteiger charge is -2.26. The highest BCUT2D eigenvalue weighted by atomic mass is 33.1. The smallest absolute Gasteiger partial charge is 0.449 e. The van der Waals surface area contributed by atoms with E-state index in [4.69, 9.17) is 14.2 Å². The zero-order valence-corrected chi connectivity index (χ0v) is 24.5. The number of nitrogens with zero attached hydrogens (tertiary/aromatic N) is 2. The number of amides is 2. The van der Waals surface area contributed by atoms with Crippen LogP contribution in [0.5, 0.6) is 5.75 Å². The van der Waals surface area contributed by atoms with E-state index < -0.39 is 17.2 Å². The molecule has 0 saturated heterocycles. The lowest BCUT2D eigenvalue weighted by atomic mass is 10.0. The van der Waals surface area contributed by atoms with Crippen LogP contribution in [0.15, 0.2) is 72.8 Å². The second-order valence-electron chi connectivity index (χ2n) is 8.81.